The second-order valence-electron chi connectivity index (χ2n) is 2.59. The van der Waals surface area contributed by atoms with Crippen molar-refractivity contribution in [1.29, 1.82) is 5.41 Å². The molecule has 0 fully saturated rings. The van der Waals surface area contributed by atoms with Crippen LogP contribution < -0.4 is 0 Å². The molecule has 1 N–H and O–H groups in total. The predicted molar refractivity (Wildman–Crippen MR) is 52.0 cm³/mol. The smallest absolute Gasteiger partial charge is 0.0643 e. The molecule has 0 spiro atoms. The van der Waals surface area contributed by atoms with E-state index >= 15 is 0 Å². The summed E-state index contributed by atoms with van der Waals surface area (Å²) >= 11 is 0. The second kappa shape index (κ2) is 4.44. The van der Waals surface area contributed by atoms with Crippen molar-refractivity contribution in [3.63, 3.8) is 0 Å². The van der Waals surface area contributed by atoms with Crippen molar-refractivity contribution in [1.82, 2.24) is 0 Å². The molecule has 0 amide bonds. The molecule has 1 aromatic rings. The van der Waals surface area contributed by atoms with Crippen molar-refractivity contribution in [2.75, 3.05) is 0 Å². The molecule has 0 saturated heterocycles. The molecule has 0 aliphatic heterocycles. The first-order valence-corrected chi connectivity index (χ1v) is 3.88. The van der Waals surface area contributed by atoms with Crippen LogP contribution in [-0.2, 0) is 6.54 Å². The predicted octanol–water partition coefficient (Wildman–Crippen LogP) is 2.30. The lowest BCUT2D eigenvalue weighted by Crippen LogP contribution is -1.92. The van der Waals surface area contributed by atoms with Gasteiger partial charge in [-0.05, 0) is 12.5 Å². The van der Waals surface area contributed by atoms with Gasteiger partial charge < -0.3 is 5.41 Å². The van der Waals surface area contributed by atoms with Crippen LogP contribution in [0.2, 0.25) is 0 Å². The van der Waals surface area contributed by atoms with Crippen LogP contribution in [0.15, 0.2) is 35.3 Å². The molecule has 0 radical (unpaired) electrons. The largest absolute Gasteiger partial charge is 0.307 e. The minimum absolute atomic E-state index is 0.669. The lowest BCUT2D eigenvalue weighted by Gasteiger charge is -1.95. The molecular weight excluding hydrogens is 148 g/mol. The third-order valence-electron chi connectivity index (χ3n) is 1.56. The molecule has 1 aromatic carbocycles. The van der Waals surface area contributed by atoms with Gasteiger partial charge in [-0.25, -0.2) is 0 Å². The van der Waals surface area contributed by atoms with Gasteiger partial charge in [0.25, 0.3) is 0 Å². The summed E-state index contributed by atoms with van der Waals surface area (Å²) in [4.78, 5) is 4.19. The van der Waals surface area contributed by atoms with E-state index in [1.54, 1.807) is 0 Å². The number of hydrogen-bond acceptors (Lipinski definition) is 2. The van der Waals surface area contributed by atoms with Gasteiger partial charge >= 0.3 is 0 Å². The highest BCUT2D eigenvalue weighted by molar-refractivity contribution is 6.28. The summed E-state index contributed by atoms with van der Waals surface area (Å²) in [5, 5.41) is 6.92. The van der Waals surface area contributed by atoms with E-state index in [1.165, 1.54) is 11.8 Å². The molecule has 2 heteroatoms. The van der Waals surface area contributed by atoms with Crippen LogP contribution in [0.25, 0.3) is 0 Å². The Morgan fingerprint density at radius 1 is 1.42 bits per heavy atom. The van der Waals surface area contributed by atoms with Crippen LogP contribution in [-0.4, -0.2) is 11.9 Å². The third-order valence-corrected chi connectivity index (χ3v) is 1.56. The first-order chi connectivity index (χ1) is 5.83. The summed E-state index contributed by atoms with van der Waals surface area (Å²) in [6.07, 6.45) is 1.27. The zero-order valence-corrected chi connectivity index (χ0v) is 7.12. The van der Waals surface area contributed by atoms with E-state index in [4.69, 9.17) is 5.41 Å². The molecule has 0 aromatic heterocycles. The van der Waals surface area contributed by atoms with E-state index < -0.39 is 0 Å². The summed E-state index contributed by atoms with van der Waals surface area (Å²) in [7, 11) is 0. The van der Waals surface area contributed by atoms with E-state index in [9.17, 15) is 0 Å². The van der Waals surface area contributed by atoms with Crippen molar-refractivity contribution < 1.29 is 0 Å². The van der Waals surface area contributed by atoms with E-state index in [1.807, 2.05) is 37.3 Å². The SMILES string of the molecule is CC(C=N)=NCc1ccccc1. The maximum Gasteiger partial charge on any atom is 0.0643 e. The molecule has 0 aliphatic rings. The van der Waals surface area contributed by atoms with Gasteiger partial charge in [-0.2, -0.15) is 0 Å². The molecule has 0 bridgehead atoms. The Balaban J connectivity index is 2.60. The number of hydrogen-bond donors (Lipinski definition) is 1. The average Bonchev–Trinajstić information content (AvgIpc) is 2.16. The lowest BCUT2D eigenvalue weighted by atomic mass is 10.2. The van der Waals surface area contributed by atoms with Gasteiger partial charge in [-0.1, -0.05) is 30.3 Å². The van der Waals surface area contributed by atoms with Crippen molar-refractivity contribution >= 4 is 11.9 Å². The standard InChI is InChI=1S/C10H12N2/c1-9(7-11)12-8-10-5-3-2-4-6-10/h2-7,11H,8H2,1H3. The quantitative estimate of drug-likeness (QED) is 0.659. The van der Waals surface area contributed by atoms with Crippen LogP contribution >= 0.6 is 0 Å². The zero-order valence-electron chi connectivity index (χ0n) is 7.12. The van der Waals surface area contributed by atoms with Gasteiger partial charge in [0.15, 0.2) is 0 Å². The van der Waals surface area contributed by atoms with Gasteiger partial charge in [-0.15, -0.1) is 0 Å². The van der Waals surface area contributed by atoms with Crippen molar-refractivity contribution in [3.05, 3.63) is 35.9 Å². The highest BCUT2D eigenvalue weighted by atomic mass is 14.7. The maximum absolute atomic E-state index is 6.92. The van der Waals surface area contributed by atoms with E-state index in [-0.39, 0.29) is 0 Å². The molecule has 0 atom stereocenters. The molecule has 0 saturated carbocycles. The topological polar surface area (TPSA) is 36.2 Å². The Morgan fingerprint density at radius 2 is 2.08 bits per heavy atom. The van der Waals surface area contributed by atoms with Crippen LogP contribution in [0.1, 0.15) is 12.5 Å². The van der Waals surface area contributed by atoms with Crippen molar-refractivity contribution in [2.24, 2.45) is 4.99 Å². The molecule has 12 heavy (non-hydrogen) atoms. The molecule has 1 rings (SSSR count). The summed E-state index contributed by atoms with van der Waals surface area (Å²) in [6.45, 7) is 2.50. The Labute approximate surface area is 72.5 Å². The van der Waals surface area contributed by atoms with E-state index in [2.05, 4.69) is 4.99 Å². The summed E-state index contributed by atoms with van der Waals surface area (Å²) in [6, 6.07) is 10.0. The minimum Gasteiger partial charge on any atom is -0.307 e. The van der Waals surface area contributed by atoms with E-state index in [0.717, 1.165) is 5.71 Å². The Kier molecular flexibility index (Phi) is 3.20. The molecule has 0 unspecified atom stereocenters. The van der Waals surface area contributed by atoms with Gasteiger partial charge in [0, 0.05) is 11.9 Å². The van der Waals surface area contributed by atoms with Crippen LogP contribution in [0.5, 0.6) is 0 Å². The summed E-state index contributed by atoms with van der Waals surface area (Å²) < 4.78 is 0. The highest BCUT2D eigenvalue weighted by Gasteiger charge is 1.87. The van der Waals surface area contributed by atoms with Crippen molar-refractivity contribution in [3.8, 4) is 0 Å². The second-order valence-corrected chi connectivity index (χ2v) is 2.59. The molecule has 62 valence electrons. The summed E-state index contributed by atoms with van der Waals surface area (Å²) in [5.41, 5.74) is 1.94. The molecule has 0 heterocycles. The van der Waals surface area contributed by atoms with Crippen LogP contribution in [0, 0.1) is 5.41 Å². The number of nitrogens with one attached hydrogen (secondary N) is 1. The average molecular weight is 160 g/mol. The third kappa shape index (κ3) is 2.66. The van der Waals surface area contributed by atoms with Crippen LogP contribution in [0.4, 0.5) is 0 Å². The Morgan fingerprint density at radius 3 is 2.67 bits per heavy atom. The summed E-state index contributed by atoms with van der Waals surface area (Å²) in [5.74, 6) is 0. The monoisotopic (exact) mass is 160 g/mol. The Hall–Kier alpha value is -1.44. The number of rotatable bonds is 3. The van der Waals surface area contributed by atoms with Gasteiger partial charge in [-0.3, -0.25) is 4.99 Å². The molecule has 0 aliphatic carbocycles. The number of nitrogens with zero attached hydrogens (tertiary/aromatic N) is 1. The van der Waals surface area contributed by atoms with Crippen molar-refractivity contribution in [2.45, 2.75) is 13.5 Å². The molecular formula is C10H12N2. The first kappa shape index (κ1) is 8.65. The fourth-order valence-electron chi connectivity index (χ4n) is 0.845. The number of benzene rings is 1. The number of aliphatic imine (C=N–C) groups is 1. The minimum atomic E-state index is 0.669. The molecule has 2 nitrogen and oxygen atoms in total. The lowest BCUT2D eigenvalue weighted by molar-refractivity contribution is 1.07. The van der Waals surface area contributed by atoms with Gasteiger partial charge in [0.1, 0.15) is 0 Å². The zero-order chi connectivity index (χ0) is 8.81. The maximum atomic E-state index is 6.92. The normalized spacial score (nSPS) is 11.2. The first-order valence-electron chi connectivity index (χ1n) is 3.88. The van der Waals surface area contributed by atoms with Gasteiger partial charge in [0.05, 0.1) is 6.54 Å². The fraction of sp³-hybridized carbons (Fsp3) is 0.200. The van der Waals surface area contributed by atoms with Gasteiger partial charge in [0.2, 0.25) is 0 Å². The fourth-order valence-corrected chi connectivity index (χ4v) is 0.845. The Bertz CT molecular complexity index is 275. The van der Waals surface area contributed by atoms with Crippen LogP contribution in [0.3, 0.4) is 0 Å². The highest BCUT2D eigenvalue weighted by Crippen LogP contribution is 1.99. The van der Waals surface area contributed by atoms with E-state index in [0.29, 0.717) is 6.54 Å².